The molecule has 204 valence electrons. The van der Waals surface area contributed by atoms with Gasteiger partial charge >= 0.3 is 0 Å². The molecule has 1 amide bonds. The summed E-state index contributed by atoms with van der Waals surface area (Å²) in [5.74, 6) is -0.779. The number of pyridine rings is 2. The van der Waals surface area contributed by atoms with E-state index in [-0.39, 0.29) is 29.4 Å². The van der Waals surface area contributed by atoms with Gasteiger partial charge in [0.2, 0.25) is 11.8 Å². The minimum atomic E-state index is -0.604. The molecule has 0 aliphatic heterocycles. The smallest absolute Gasteiger partial charge is 0.291 e. The average molecular weight is 543 g/mol. The van der Waals surface area contributed by atoms with Gasteiger partial charge in [-0.15, -0.1) is 10.2 Å². The SMILES string of the molecule is CC[C@H](CCc1nc2c(-c3ccc(-c4cccnc4F)nc3)cnn2c(N)c1C(C)=O)N(C)C(=O)c1nnc[nH]1. The zero-order chi connectivity index (χ0) is 28.4. The zero-order valence-corrected chi connectivity index (χ0v) is 22.2. The number of nitrogens with two attached hydrogens (primary N) is 1. The van der Waals surface area contributed by atoms with Crippen LogP contribution in [0.5, 0.6) is 0 Å². The summed E-state index contributed by atoms with van der Waals surface area (Å²) in [5.41, 5.74) is 9.77. The van der Waals surface area contributed by atoms with E-state index in [4.69, 9.17) is 10.7 Å². The van der Waals surface area contributed by atoms with Crippen molar-refractivity contribution < 1.29 is 14.0 Å². The summed E-state index contributed by atoms with van der Waals surface area (Å²) in [5, 5.41) is 11.9. The van der Waals surface area contributed by atoms with Crippen molar-refractivity contribution in [2.24, 2.45) is 0 Å². The predicted octanol–water partition coefficient (Wildman–Crippen LogP) is 3.38. The van der Waals surface area contributed by atoms with Crippen molar-refractivity contribution in [3.63, 3.8) is 0 Å². The lowest BCUT2D eigenvalue weighted by Gasteiger charge is -2.26. The van der Waals surface area contributed by atoms with Crippen LogP contribution >= 0.6 is 0 Å². The average Bonchev–Trinajstić information content (AvgIpc) is 3.64. The van der Waals surface area contributed by atoms with E-state index in [1.807, 2.05) is 6.92 Å². The summed E-state index contributed by atoms with van der Waals surface area (Å²) >= 11 is 0. The Hall–Kier alpha value is -5.07. The Morgan fingerprint density at radius 3 is 2.65 bits per heavy atom. The van der Waals surface area contributed by atoms with Gasteiger partial charge in [-0.05, 0) is 44.4 Å². The Morgan fingerprint density at radius 2 is 2.00 bits per heavy atom. The van der Waals surface area contributed by atoms with E-state index >= 15 is 0 Å². The largest absolute Gasteiger partial charge is 0.383 e. The number of nitrogens with zero attached hydrogens (tertiary/aromatic N) is 8. The number of amides is 1. The second-order valence-corrected chi connectivity index (χ2v) is 9.30. The molecule has 5 rings (SSSR count). The lowest BCUT2D eigenvalue weighted by atomic mass is 10.0. The van der Waals surface area contributed by atoms with E-state index in [1.54, 1.807) is 48.6 Å². The molecule has 0 radical (unpaired) electrons. The van der Waals surface area contributed by atoms with Crippen LogP contribution in [0.15, 0.2) is 49.2 Å². The zero-order valence-electron chi connectivity index (χ0n) is 22.2. The van der Waals surface area contributed by atoms with Crippen molar-refractivity contribution in [2.45, 2.75) is 39.2 Å². The number of Topliss-reactive ketones (excluding diaryl/α,β-unsaturated/α-hetero) is 1. The molecule has 5 heterocycles. The number of ketones is 1. The maximum atomic E-state index is 14.1. The molecule has 5 aromatic rings. The van der Waals surface area contributed by atoms with Gasteiger partial charge in [0.1, 0.15) is 12.1 Å². The van der Waals surface area contributed by atoms with Crippen LogP contribution in [0.1, 0.15) is 53.4 Å². The fourth-order valence-electron chi connectivity index (χ4n) is 4.74. The van der Waals surface area contributed by atoms with Crippen LogP contribution in [0, 0.1) is 5.95 Å². The molecule has 0 unspecified atom stereocenters. The van der Waals surface area contributed by atoms with Gasteiger partial charge in [-0.2, -0.15) is 14.0 Å². The third-order valence-corrected chi connectivity index (χ3v) is 6.89. The third kappa shape index (κ3) is 4.88. The van der Waals surface area contributed by atoms with Gasteiger partial charge in [-0.3, -0.25) is 14.6 Å². The van der Waals surface area contributed by atoms with Crippen LogP contribution in [0.2, 0.25) is 0 Å². The van der Waals surface area contributed by atoms with Gasteiger partial charge in [0.25, 0.3) is 5.91 Å². The Bertz CT molecular complexity index is 1680. The number of H-pyrrole nitrogens is 1. The Kier molecular flexibility index (Phi) is 7.27. The second-order valence-electron chi connectivity index (χ2n) is 9.30. The van der Waals surface area contributed by atoms with E-state index in [2.05, 4.69) is 30.2 Å². The fourth-order valence-corrected chi connectivity index (χ4v) is 4.74. The Balaban J connectivity index is 1.47. The number of hydrogen-bond acceptors (Lipinski definition) is 9. The van der Waals surface area contributed by atoms with Crippen molar-refractivity contribution in [1.82, 2.24) is 44.6 Å². The number of aromatic amines is 1. The number of rotatable bonds is 9. The first-order chi connectivity index (χ1) is 19.3. The molecule has 0 spiro atoms. The Labute approximate surface area is 228 Å². The van der Waals surface area contributed by atoms with Gasteiger partial charge in [-0.1, -0.05) is 13.0 Å². The molecule has 0 aliphatic carbocycles. The van der Waals surface area contributed by atoms with Crippen molar-refractivity contribution in [3.8, 4) is 22.4 Å². The quantitative estimate of drug-likeness (QED) is 0.210. The molecule has 0 bridgehead atoms. The topological polar surface area (TPSA) is 161 Å². The monoisotopic (exact) mass is 542 g/mol. The van der Waals surface area contributed by atoms with Gasteiger partial charge < -0.3 is 15.6 Å². The first kappa shape index (κ1) is 26.5. The molecule has 5 aromatic heterocycles. The third-order valence-electron chi connectivity index (χ3n) is 6.89. The number of fused-ring (bicyclic) bond motifs is 1. The van der Waals surface area contributed by atoms with E-state index in [1.165, 1.54) is 24.0 Å². The number of anilines is 1. The summed E-state index contributed by atoms with van der Waals surface area (Å²) in [6.45, 7) is 3.42. The van der Waals surface area contributed by atoms with Gasteiger partial charge in [0.15, 0.2) is 11.4 Å². The van der Waals surface area contributed by atoms with Crippen LogP contribution < -0.4 is 5.73 Å². The number of nitrogens with one attached hydrogen (secondary N) is 1. The number of carbonyl (C=O) groups is 2. The fraction of sp³-hybridized carbons (Fsp3) is 0.259. The number of nitrogen functional groups attached to an aromatic ring is 1. The molecule has 0 fully saturated rings. The lowest BCUT2D eigenvalue weighted by molar-refractivity contribution is 0.0707. The first-order valence-electron chi connectivity index (χ1n) is 12.7. The molecule has 0 aromatic carbocycles. The minimum Gasteiger partial charge on any atom is -0.383 e. The maximum Gasteiger partial charge on any atom is 0.291 e. The Morgan fingerprint density at radius 1 is 1.18 bits per heavy atom. The minimum absolute atomic E-state index is 0.148. The van der Waals surface area contributed by atoms with E-state index in [0.717, 1.165) is 0 Å². The van der Waals surface area contributed by atoms with E-state index in [9.17, 15) is 14.0 Å². The molecule has 0 saturated carbocycles. The standard InChI is InChI=1S/C27H27FN10O2/c1-4-17(37(3)27(40)25-32-14-33-36-25)8-10-21-22(15(2)39)24(29)38-26(35-21)19(13-34-38)16-7-9-20(31-12-16)18-6-5-11-30-23(18)28/h5-7,9,11-14,17H,4,8,10,29H2,1-3H3,(H,32,33,36)/t17-/m1/s1. The highest BCUT2D eigenvalue weighted by Gasteiger charge is 2.25. The highest BCUT2D eigenvalue weighted by Crippen LogP contribution is 2.29. The van der Waals surface area contributed by atoms with Crippen LogP contribution in [-0.2, 0) is 6.42 Å². The van der Waals surface area contributed by atoms with Gasteiger partial charge in [0.05, 0.1) is 28.7 Å². The number of halogens is 1. The van der Waals surface area contributed by atoms with Crippen LogP contribution in [-0.4, -0.2) is 69.4 Å². The van der Waals surface area contributed by atoms with Crippen molar-refractivity contribution in [2.75, 3.05) is 12.8 Å². The molecule has 1 atom stereocenters. The molecule has 12 nitrogen and oxygen atoms in total. The highest BCUT2D eigenvalue weighted by molar-refractivity contribution is 6.00. The molecular weight excluding hydrogens is 515 g/mol. The van der Waals surface area contributed by atoms with Crippen molar-refractivity contribution in [1.29, 1.82) is 0 Å². The van der Waals surface area contributed by atoms with Crippen molar-refractivity contribution in [3.05, 3.63) is 72.2 Å². The number of carbonyl (C=O) groups excluding carboxylic acids is 2. The molecule has 40 heavy (non-hydrogen) atoms. The normalized spacial score (nSPS) is 12.0. The van der Waals surface area contributed by atoms with Gasteiger partial charge in [-0.25, -0.2) is 9.97 Å². The predicted molar refractivity (Wildman–Crippen MR) is 145 cm³/mol. The van der Waals surface area contributed by atoms with E-state index < -0.39 is 5.95 Å². The summed E-state index contributed by atoms with van der Waals surface area (Å²) in [7, 11) is 1.71. The van der Waals surface area contributed by atoms with Crippen LogP contribution in [0.25, 0.3) is 28.0 Å². The summed E-state index contributed by atoms with van der Waals surface area (Å²) in [6, 6.07) is 6.59. The summed E-state index contributed by atoms with van der Waals surface area (Å²) in [6.07, 6.45) is 7.54. The molecule has 0 aliphatic rings. The lowest BCUT2D eigenvalue weighted by Crippen LogP contribution is -2.37. The number of aryl methyl sites for hydroxylation is 1. The molecular formula is C27H27FN10O2. The summed E-state index contributed by atoms with van der Waals surface area (Å²) in [4.78, 5) is 42.7. The highest BCUT2D eigenvalue weighted by atomic mass is 19.1. The number of aromatic nitrogens is 8. The van der Waals surface area contributed by atoms with Crippen LogP contribution in [0.3, 0.4) is 0 Å². The molecule has 13 heteroatoms. The van der Waals surface area contributed by atoms with Gasteiger partial charge in [0, 0.05) is 36.6 Å². The molecule has 0 saturated heterocycles. The van der Waals surface area contributed by atoms with Crippen molar-refractivity contribution >= 4 is 23.2 Å². The number of hydrogen-bond donors (Lipinski definition) is 2. The summed E-state index contributed by atoms with van der Waals surface area (Å²) < 4.78 is 15.6. The first-order valence-corrected chi connectivity index (χ1v) is 12.7. The second kappa shape index (κ2) is 11.0. The van der Waals surface area contributed by atoms with E-state index in [0.29, 0.717) is 58.6 Å². The molecule has 3 N–H and O–H groups in total. The van der Waals surface area contributed by atoms with Crippen LogP contribution in [0.4, 0.5) is 10.2 Å². The maximum absolute atomic E-state index is 14.1.